The van der Waals surface area contributed by atoms with E-state index in [0.29, 0.717) is 82.9 Å². The number of ether oxygens (including phenoxy) is 4. The van der Waals surface area contributed by atoms with Gasteiger partial charge in [-0.2, -0.15) is 0 Å². The second-order valence-electron chi connectivity index (χ2n) is 21.5. The van der Waals surface area contributed by atoms with E-state index >= 15 is 4.39 Å². The lowest BCUT2D eigenvalue weighted by Crippen LogP contribution is -2.55. The van der Waals surface area contributed by atoms with Crippen LogP contribution >= 0.6 is 11.3 Å². The summed E-state index contributed by atoms with van der Waals surface area (Å²) < 4.78 is 42.4. The van der Waals surface area contributed by atoms with Crippen LogP contribution in [-0.4, -0.2) is 109 Å². The lowest BCUT2D eigenvalue weighted by molar-refractivity contribution is -0.140. The molecular formula is C55H62FN9O8S. The molecule has 4 aliphatic heterocycles. The summed E-state index contributed by atoms with van der Waals surface area (Å²) >= 11 is 1.71. The number of alkyl carbamates (subject to hydrolysis) is 2. The van der Waals surface area contributed by atoms with Gasteiger partial charge < -0.3 is 49.3 Å². The highest BCUT2D eigenvalue weighted by Crippen LogP contribution is 2.54. The third kappa shape index (κ3) is 8.58. The zero-order chi connectivity index (χ0) is 51.3. The molecule has 74 heavy (non-hydrogen) atoms. The Hall–Kier alpha value is -6.73. The molecule has 2 aromatic carbocycles. The standard InChI is InChI=1S/C55H62FN9O8S/c1-26(2)46(61-54(68)70-5)51(66)63-17-7-8-39(63)49-57-25-37(59-49)31-11-13-34-42(23-31)73-53(44-16-15-43(74-44)29-9-10-29)65-38-14-12-30(20-35(38)45(56)48(34)65)36-24-58-50(60-36)41-22-32-21-40(32)64(41)52(67)47(62-55(69)71-6)33-18-27(3)72-28(4)19-33/h11-16,20,23-29,32-33,39-41,46-47,53H,7-10,17-19,21-22H2,1-6H3,(H,57,59)(H,58,60)(H,61,68)(H,62,69)/t27-,28+,32-,33?,39+,40-,41+,46+,47+,53?/m1/s1. The number of H-pyrrole nitrogens is 2. The number of benzene rings is 2. The van der Waals surface area contributed by atoms with Gasteiger partial charge in [-0.15, -0.1) is 11.3 Å². The second-order valence-corrected chi connectivity index (χ2v) is 22.7. The van der Waals surface area contributed by atoms with Crippen molar-refractivity contribution in [3.8, 4) is 39.5 Å². The number of imidazole rings is 2. The summed E-state index contributed by atoms with van der Waals surface area (Å²) in [6.07, 6.45) is 8.20. The normalized spacial score (nSPS) is 25.7. The zero-order valence-corrected chi connectivity index (χ0v) is 43.2. The number of amides is 4. The van der Waals surface area contributed by atoms with Crippen LogP contribution in [0.4, 0.5) is 14.0 Å². The Morgan fingerprint density at radius 3 is 2.19 bits per heavy atom. The predicted octanol–water partition coefficient (Wildman–Crippen LogP) is 9.74. The molecule has 388 valence electrons. The summed E-state index contributed by atoms with van der Waals surface area (Å²) in [5.41, 5.74) is 4.68. The molecule has 2 saturated carbocycles. The number of fused-ring (bicyclic) bond motifs is 6. The minimum Gasteiger partial charge on any atom is -0.464 e. The third-order valence-electron chi connectivity index (χ3n) is 16.2. The number of nitrogens with one attached hydrogen (secondary N) is 4. The van der Waals surface area contributed by atoms with Crippen molar-refractivity contribution in [3.05, 3.63) is 88.1 Å². The SMILES string of the molecule is COC(=O)N[C@H](C(=O)N1CCC[C@H]1c1ncc(-c2ccc3c(c2)OC(c2ccc(C4CC4)s2)n2c-3c(F)c3cc(-c4cnc([C@@H]5C[C@H]6C[C@H]6N5C(=O)[C@@H](NC(=O)OC)C5C[C@@H](C)O[C@@H](C)C5)[nH]4)ccc32)[nH]1)C(C)C. The monoisotopic (exact) mass is 1030 g/mol. The number of methoxy groups -OCH3 is 2. The summed E-state index contributed by atoms with van der Waals surface area (Å²) in [7, 11) is 2.59. The molecular weight excluding hydrogens is 966 g/mol. The molecule has 12 rings (SSSR count). The zero-order valence-electron chi connectivity index (χ0n) is 42.4. The Bertz CT molecular complexity index is 3170. The first-order chi connectivity index (χ1) is 35.8. The maximum absolute atomic E-state index is 17.6. The van der Waals surface area contributed by atoms with Crippen LogP contribution in [0.2, 0.25) is 0 Å². The number of nitrogens with zero attached hydrogens (tertiary/aromatic N) is 5. The van der Waals surface area contributed by atoms with Gasteiger partial charge in [0.25, 0.3) is 0 Å². The maximum Gasteiger partial charge on any atom is 0.407 e. The lowest BCUT2D eigenvalue weighted by Gasteiger charge is -2.38. The molecule has 17 nitrogen and oxygen atoms in total. The number of hydrogen-bond acceptors (Lipinski definition) is 11. The number of carbonyl (C=O) groups is 4. The highest BCUT2D eigenvalue weighted by Gasteiger charge is 2.57. The molecule has 2 unspecified atom stereocenters. The van der Waals surface area contributed by atoms with Gasteiger partial charge in [0.15, 0.2) is 5.82 Å². The molecule has 3 saturated heterocycles. The Labute approximate surface area is 431 Å². The number of halogens is 1. The fourth-order valence-electron chi connectivity index (χ4n) is 12.3. The van der Waals surface area contributed by atoms with Crippen LogP contribution in [0.5, 0.6) is 5.75 Å². The first-order valence-electron chi connectivity index (χ1n) is 26.1. The van der Waals surface area contributed by atoms with E-state index in [1.807, 2.05) is 73.6 Å². The molecule has 2 aliphatic carbocycles. The topological polar surface area (TPSA) is 198 Å². The van der Waals surface area contributed by atoms with E-state index in [1.54, 1.807) is 28.6 Å². The average Bonchev–Trinajstić information content (AvgIpc) is 3.86. The quantitative estimate of drug-likeness (QED) is 0.0916. The molecule has 19 heteroatoms. The van der Waals surface area contributed by atoms with E-state index < -0.39 is 30.5 Å². The van der Waals surface area contributed by atoms with Gasteiger partial charge in [0.2, 0.25) is 18.0 Å². The maximum atomic E-state index is 17.6. The molecule has 4 aromatic heterocycles. The van der Waals surface area contributed by atoms with Crippen LogP contribution in [0.25, 0.3) is 44.7 Å². The molecule has 0 spiro atoms. The van der Waals surface area contributed by atoms with Gasteiger partial charge in [-0.25, -0.2) is 23.9 Å². The van der Waals surface area contributed by atoms with Crippen LogP contribution in [0.15, 0.2) is 60.9 Å². The number of carbonyl (C=O) groups excluding carboxylic acids is 4. The molecule has 0 radical (unpaired) electrons. The first-order valence-corrected chi connectivity index (χ1v) is 26.9. The first kappa shape index (κ1) is 48.2. The van der Waals surface area contributed by atoms with Crippen LogP contribution in [0.1, 0.15) is 125 Å². The number of hydrogen-bond donors (Lipinski definition) is 4. The average molecular weight is 1030 g/mol. The van der Waals surface area contributed by atoms with E-state index in [-0.39, 0.29) is 59.8 Å². The largest absolute Gasteiger partial charge is 0.464 e. The molecule has 4 amide bonds. The van der Waals surface area contributed by atoms with Crippen molar-refractivity contribution in [1.82, 2.24) is 44.9 Å². The van der Waals surface area contributed by atoms with Crippen LogP contribution in [-0.2, 0) is 23.8 Å². The summed E-state index contributed by atoms with van der Waals surface area (Å²) in [5, 5.41) is 6.04. The van der Waals surface area contributed by atoms with Gasteiger partial charge in [-0.3, -0.25) is 14.2 Å². The summed E-state index contributed by atoms with van der Waals surface area (Å²) in [6.45, 7) is 8.31. The number of likely N-dealkylation sites (tertiary alicyclic amines) is 2. The highest BCUT2D eigenvalue weighted by atomic mass is 32.1. The summed E-state index contributed by atoms with van der Waals surface area (Å²) in [5.74, 6) is 1.73. The molecule has 6 aromatic rings. The second kappa shape index (κ2) is 18.9. The molecule has 0 bridgehead atoms. The Morgan fingerprint density at radius 1 is 0.811 bits per heavy atom. The molecule has 8 heterocycles. The third-order valence-corrected chi connectivity index (χ3v) is 17.5. The number of aromatic amines is 2. The summed E-state index contributed by atoms with van der Waals surface area (Å²) in [6, 6.07) is 13.7. The molecule has 5 fully saturated rings. The van der Waals surface area contributed by atoms with Gasteiger partial charge in [0, 0.05) is 39.5 Å². The van der Waals surface area contributed by atoms with Gasteiger partial charge in [0.05, 0.1) is 78.4 Å². The Balaban J connectivity index is 0.850. The number of aromatic nitrogens is 5. The highest BCUT2D eigenvalue weighted by molar-refractivity contribution is 7.12. The van der Waals surface area contributed by atoms with Crippen molar-refractivity contribution in [2.24, 2.45) is 17.8 Å². The van der Waals surface area contributed by atoms with Gasteiger partial charge in [-0.05, 0) is 125 Å². The predicted molar refractivity (Wildman–Crippen MR) is 274 cm³/mol. The van der Waals surface area contributed by atoms with E-state index in [4.69, 9.17) is 28.9 Å². The molecule has 10 atom stereocenters. The van der Waals surface area contributed by atoms with E-state index in [9.17, 15) is 19.2 Å². The van der Waals surface area contributed by atoms with Crippen molar-refractivity contribution < 1.29 is 42.5 Å². The van der Waals surface area contributed by atoms with Crippen LogP contribution < -0.4 is 15.4 Å². The van der Waals surface area contributed by atoms with Crippen molar-refractivity contribution in [3.63, 3.8) is 0 Å². The van der Waals surface area contributed by atoms with Crippen LogP contribution in [0, 0.1) is 23.6 Å². The number of rotatable bonds is 12. The van der Waals surface area contributed by atoms with Gasteiger partial charge in [-0.1, -0.05) is 26.0 Å². The molecule has 4 N–H and O–H groups in total. The van der Waals surface area contributed by atoms with Gasteiger partial charge >= 0.3 is 12.2 Å². The fourth-order valence-corrected chi connectivity index (χ4v) is 13.5. The fraction of sp³-hybridized carbons (Fsp3) is 0.491. The van der Waals surface area contributed by atoms with Crippen molar-refractivity contribution in [2.45, 2.75) is 134 Å². The van der Waals surface area contributed by atoms with E-state index in [2.05, 4.69) is 32.7 Å². The Morgan fingerprint density at radius 2 is 1.49 bits per heavy atom. The molecule has 6 aliphatic rings. The van der Waals surface area contributed by atoms with Crippen molar-refractivity contribution >= 4 is 46.2 Å². The van der Waals surface area contributed by atoms with E-state index in [1.165, 1.54) is 19.1 Å². The number of piperidine rings is 1. The van der Waals surface area contributed by atoms with Crippen molar-refractivity contribution in [2.75, 3.05) is 20.8 Å². The lowest BCUT2D eigenvalue weighted by atomic mass is 9.85. The van der Waals surface area contributed by atoms with Crippen LogP contribution in [0.3, 0.4) is 0 Å². The van der Waals surface area contributed by atoms with Crippen molar-refractivity contribution in [1.29, 1.82) is 0 Å². The number of thiophene rings is 1. The minimum atomic E-state index is -0.773. The smallest absolute Gasteiger partial charge is 0.407 e. The summed E-state index contributed by atoms with van der Waals surface area (Å²) in [4.78, 5) is 76.0. The Kier molecular flexibility index (Phi) is 12.3. The van der Waals surface area contributed by atoms with Gasteiger partial charge in [0.1, 0.15) is 29.5 Å². The van der Waals surface area contributed by atoms with E-state index in [0.717, 1.165) is 53.8 Å². The minimum absolute atomic E-state index is 0.0544.